The minimum absolute atomic E-state index is 0.208. The van der Waals surface area contributed by atoms with Crippen LogP contribution < -0.4 is 0 Å². The highest BCUT2D eigenvalue weighted by Crippen LogP contribution is 2.18. The number of benzene rings is 1. The summed E-state index contributed by atoms with van der Waals surface area (Å²) in [5, 5.41) is 0. The van der Waals surface area contributed by atoms with Crippen molar-refractivity contribution in [2.75, 3.05) is 13.1 Å². The van der Waals surface area contributed by atoms with E-state index >= 15 is 0 Å². The van der Waals surface area contributed by atoms with Crippen molar-refractivity contribution in [3.05, 3.63) is 48.0 Å². The fourth-order valence-corrected chi connectivity index (χ4v) is 1.92. The maximum absolute atomic E-state index is 11.7. The third-order valence-corrected chi connectivity index (χ3v) is 3.02. The molecule has 1 saturated heterocycles. The van der Waals surface area contributed by atoms with Crippen LogP contribution in [0.5, 0.6) is 0 Å². The van der Waals surface area contributed by atoms with Crippen LogP contribution in [0, 0.1) is 5.92 Å². The number of hydrogen-bond acceptors (Lipinski definition) is 2. The molecule has 2 rings (SSSR count). The fourth-order valence-electron chi connectivity index (χ4n) is 1.92. The zero-order valence-electron chi connectivity index (χ0n) is 10.7. The highest BCUT2D eigenvalue weighted by Gasteiger charge is 2.29. The van der Waals surface area contributed by atoms with Gasteiger partial charge < -0.3 is 9.64 Å². The van der Waals surface area contributed by atoms with Crippen molar-refractivity contribution in [3.8, 4) is 0 Å². The predicted molar refractivity (Wildman–Crippen MR) is 71.1 cm³/mol. The molecule has 1 fully saturated rings. The number of hydrogen-bond donors (Lipinski definition) is 0. The lowest BCUT2D eigenvalue weighted by Gasteiger charge is -2.36. The third kappa shape index (κ3) is 3.36. The molecule has 0 saturated carbocycles. The van der Waals surface area contributed by atoms with E-state index in [1.807, 2.05) is 30.3 Å². The number of carbonyl (C=O) groups excluding carboxylic acids is 1. The topological polar surface area (TPSA) is 29.5 Å². The largest absolute Gasteiger partial charge is 0.445 e. The lowest BCUT2D eigenvalue weighted by Crippen LogP contribution is -2.49. The third-order valence-electron chi connectivity index (χ3n) is 3.02. The zero-order valence-corrected chi connectivity index (χ0v) is 10.7. The summed E-state index contributed by atoms with van der Waals surface area (Å²) in [4.78, 5) is 13.4. The van der Waals surface area contributed by atoms with E-state index in [1.165, 1.54) is 0 Å². The van der Waals surface area contributed by atoms with Gasteiger partial charge in [-0.25, -0.2) is 4.79 Å². The van der Waals surface area contributed by atoms with Crippen LogP contribution in [0.15, 0.2) is 42.5 Å². The van der Waals surface area contributed by atoms with Gasteiger partial charge in [0.25, 0.3) is 0 Å². The first-order valence-corrected chi connectivity index (χ1v) is 6.42. The first-order valence-electron chi connectivity index (χ1n) is 6.42. The Morgan fingerprint density at radius 2 is 2.11 bits per heavy atom. The van der Waals surface area contributed by atoms with E-state index in [4.69, 9.17) is 4.74 Å². The van der Waals surface area contributed by atoms with Crippen LogP contribution in [0.2, 0.25) is 0 Å². The molecule has 0 aromatic heterocycles. The number of rotatable bonds is 4. The van der Waals surface area contributed by atoms with Crippen LogP contribution in [0.3, 0.4) is 0 Å². The van der Waals surface area contributed by atoms with Gasteiger partial charge in [-0.15, -0.1) is 0 Å². The highest BCUT2D eigenvalue weighted by molar-refractivity contribution is 5.68. The highest BCUT2D eigenvalue weighted by atomic mass is 16.6. The van der Waals surface area contributed by atoms with Crippen molar-refractivity contribution < 1.29 is 9.53 Å². The number of nitrogens with zero attached hydrogens (tertiary/aromatic N) is 1. The smallest absolute Gasteiger partial charge is 0.410 e. The summed E-state index contributed by atoms with van der Waals surface area (Å²) >= 11 is 0. The zero-order chi connectivity index (χ0) is 12.8. The minimum Gasteiger partial charge on any atom is -0.445 e. The van der Waals surface area contributed by atoms with Crippen LogP contribution in [-0.4, -0.2) is 24.1 Å². The molecular weight excluding hydrogens is 226 g/mol. The lowest BCUT2D eigenvalue weighted by molar-refractivity contribution is 0.0605. The molecule has 1 aliphatic rings. The predicted octanol–water partition coefficient (Wildman–Crippen LogP) is 3.22. The standard InChI is InChI=1S/C15H19NO2/c1-2-3-7-14-10-16(11-14)15(17)18-12-13-8-5-4-6-9-13/h3-9,14H,2,10-12H2,1H3/b7-3+. The lowest BCUT2D eigenvalue weighted by atomic mass is 10.0. The molecule has 1 aliphatic heterocycles. The molecule has 0 bridgehead atoms. The fraction of sp³-hybridized carbons (Fsp3) is 0.400. The molecule has 0 spiro atoms. The van der Waals surface area contributed by atoms with E-state index in [2.05, 4.69) is 19.1 Å². The normalized spacial score (nSPS) is 15.7. The number of allylic oxidation sites excluding steroid dienone is 1. The molecule has 1 heterocycles. The summed E-state index contributed by atoms with van der Waals surface area (Å²) in [6, 6.07) is 9.74. The van der Waals surface area contributed by atoms with Gasteiger partial charge >= 0.3 is 6.09 Å². The number of ether oxygens (including phenoxy) is 1. The summed E-state index contributed by atoms with van der Waals surface area (Å²) in [5.74, 6) is 0.509. The first-order chi connectivity index (χ1) is 8.79. The van der Waals surface area contributed by atoms with Crippen LogP contribution in [0.25, 0.3) is 0 Å². The molecule has 0 N–H and O–H groups in total. The van der Waals surface area contributed by atoms with Crippen molar-refractivity contribution in [2.45, 2.75) is 20.0 Å². The molecule has 1 amide bonds. The molecule has 1 aromatic rings. The van der Waals surface area contributed by atoms with Crippen molar-refractivity contribution in [2.24, 2.45) is 5.92 Å². The van der Waals surface area contributed by atoms with Crippen molar-refractivity contribution in [1.29, 1.82) is 0 Å². The molecule has 18 heavy (non-hydrogen) atoms. The Bertz CT molecular complexity index is 408. The van der Waals surface area contributed by atoms with E-state index in [9.17, 15) is 4.79 Å². The number of amides is 1. The van der Waals surface area contributed by atoms with Crippen LogP contribution in [0.4, 0.5) is 4.79 Å². The quantitative estimate of drug-likeness (QED) is 0.762. The van der Waals surface area contributed by atoms with Gasteiger partial charge in [-0.2, -0.15) is 0 Å². The number of carbonyl (C=O) groups is 1. The van der Waals surface area contributed by atoms with Crippen molar-refractivity contribution >= 4 is 6.09 Å². The summed E-state index contributed by atoms with van der Waals surface area (Å²) < 4.78 is 5.25. The Morgan fingerprint density at radius 3 is 2.78 bits per heavy atom. The Morgan fingerprint density at radius 1 is 1.39 bits per heavy atom. The molecular formula is C15H19NO2. The SMILES string of the molecule is CC/C=C/C1CN(C(=O)OCc2ccccc2)C1. The van der Waals surface area contributed by atoms with Crippen molar-refractivity contribution in [1.82, 2.24) is 4.90 Å². The molecule has 3 nitrogen and oxygen atoms in total. The molecule has 0 radical (unpaired) electrons. The average Bonchev–Trinajstić information content (AvgIpc) is 2.36. The van der Waals surface area contributed by atoms with Gasteiger partial charge in [0.05, 0.1) is 0 Å². The Balaban J connectivity index is 1.70. The van der Waals surface area contributed by atoms with E-state index in [-0.39, 0.29) is 6.09 Å². The summed E-state index contributed by atoms with van der Waals surface area (Å²) in [6.07, 6.45) is 5.17. The van der Waals surface area contributed by atoms with Crippen molar-refractivity contribution in [3.63, 3.8) is 0 Å². The maximum Gasteiger partial charge on any atom is 0.410 e. The van der Waals surface area contributed by atoms with Crippen LogP contribution >= 0.6 is 0 Å². The maximum atomic E-state index is 11.7. The van der Waals surface area contributed by atoms with Gasteiger partial charge in [0, 0.05) is 19.0 Å². The van der Waals surface area contributed by atoms with Gasteiger partial charge in [0.1, 0.15) is 6.61 Å². The molecule has 1 aromatic carbocycles. The number of likely N-dealkylation sites (tertiary alicyclic amines) is 1. The van der Waals surface area contributed by atoms with E-state index in [1.54, 1.807) is 4.90 Å². The minimum atomic E-state index is -0.208. The second-order valence-electron chi connectivity index (χ2n) is 4.54. The van der Waals surface area contributed by atoms with Gasteiger partial charge in [-0.1, -0.05) is 49.4 Å². The summed E-state index contributed by atoms with van der Waals surface area (Å²) in [6.45, 7) is 4.03. The van der Waals surface area contributed by atoms with Gasteiger partial charge in [0.2, 0.25) is 0 Å². The molecule has 0 aliphatic carbocycles. The van der Waals surface area contributed by atoms with Gasteiger partial charge in [-0.3, -0.25) is 0 Å². The Labute approximate surface area is 108 Å². The molecule has 0 unspecified atom stereocenters. The van der Waals surface area contributed by atoms with E-state index in [0.29, 0.717) is 12.5 Å². The second kappa shape index (κ2) is 6.24. The van der Waals surface area contributed by atoms with E-state index < -0.39 is 0 Å². The Kier molecular flexibility index (Phi) is 4.40. The van der Waals surface area contributed by atoms with E-state index in [0.717, 1.165) is 25.1 Å². The van der Waals surface area contributed by atoms with Gasteiger partial charge in [-0.05, 0) is 12.0 Å². The second-order valence-corrected chi connectivity index (χ2v) is 4.54. The summed E-state index contributed by atoms with van der Waals surface area (Å²) in [5.41, 5.74) is 1.02. The molecule has 3 heteroatoms. The molecule has 0 atom stereocenters. The van der Waals surface area contributed by atoms with Crippen LogP contribution in [-0.2, 0) is 11.3 Å². The first kappa shape index (κ1) is 12.7. The van der Waals surface area contributed by atoms with Gasteiger partial charge in [0.15, 0.2) is 0 Å². The average molecular weight is 245 g/mol. The monoisotopic (exact) mass is 245 g/mol. The summed E-state index contributed by atoms with van der Waals surface area (Å²) in [7, 11) is 0. The van der Waals surface area contributed by atoms with Crippen LogP contribution in [0.1, 0.15) is 18.9 Å². The Hall–Kier alpha value is -1.77. The molecule has 96 valence electrons.